The molecule has 3 N–H and O–H groups in total. The van der Waals surface area contributed by atoms with Crippen LogP contribution in [-0.2, 0) is 9.53 Å². The van der Waals surface area contributed by atoms with Crippen molar-refractivity contribution in [3.63, 3.8) is 0 Å². The van der Waals surface area contributed by atoms with Gasteiger partial charge in [0, 0.05) is 11.5 Å². The molecular weight excluding hydrogens is 382 g/mol. The number of aliphatic hydroxyl groups is 1. The maximum absolute atomic E-state index is 12.1. The Balaban J connectivity index is 1.57. The first-order chi connectivity index (χ1) is 14.4. The molecular formula is C24H27NO5. The minimum Gasteiger partial charge on any atom is -0.478 e. The zero-order chi connectivity index (χ0) is 21.7. The number of benzene rings is 2. The number of rotatable bonds is 8. The van der Waals surface area contributed by atoms with Crippen molar-refractivity contribution in [1.82, 2.24) is 5.32 Å². The van der Waals surface area contributed by atoms with E-state index in [0.29, 0.717) is 6.42 Å². The highest BCUT2D eigenvalue weighted by Crippen LogP contribution is 2.44. The predicted octanol–water partition coefficient (Wildman–Crippen LogP) is 3.94. The summed E-state index contributed by atoms with van der Waals surface area (Å²) < 4.78 is 5.41. The lowest BCUT2D eigenvalue weighted by Gasteiger charge is -2.15. The molecule has 0 heterocycles. The highest BCUT2D eigenvalue weighted by Gasteiger charge is 2.29. The Bertz CT molecular complexity index is 905. The van der Waals surface area contributed by atoms with Crippen LogP contribution in [0.4, 0.5) is 4.79 Å². The topological polar surface area (TPSA) is 95.9 Å². The van der Waals surface area contributed by atoms with Crippen molar-refractivity contribution < 1.29 is 24.5 Å². The predicted molar refractivity (Wildman–Crippen MR) is 114 cm³/mol. The molecule has 1 atom stereocenters. The molecule has 1 amide bonds. The van der Waals surface area contributed by atoms with Crippen molar-refractivity contribution in [3.05, 3.63) is 71.3 Å². The summed E-state index contributed by atoms with van der Waals surface area (Å²) in [5.74, 6) is -0.962. The lowest BCUT2D eigenvalue weighted by atomic mass is 9.98. The van der Waals surface area contributed by atoms with Gasteiger partial charge in [0.25, 0.3) is 0 Å². The minimum atomic E-state index is -1.10. The smallest absolute Gasteiger partial charge is 0.407 e. The van der Waals surface area contributed by atoms with Crippen molar-refractivity contribution in [2.75, 3.05) is 13.2 Å². The second-order valence-corrected chi connectivity index (χ2v) is 7.87. The highest BCUT2D eigenvalue weighted by molar-refractivity contribution is 5.86. The summed E-state index contributed by atoms with van der Waals surface area (Å²) in [6, 6.07) is 16.1. The quantitative estimate of drug-likeness (QED) is 0.574. The molecule has 30 heavy (non-hydrogen) atoms. The minimum absolute atomic E-state index is 0.0439. The monoisotopic (exact) mass is 409 g/mol. The molecule has 0 radical (unpaired) electrons. The second kappa shape index (κ2) is 9.59. The van der Waals surface area contributed by atoms with Gasteiger partial charge < -0.3 is 20.3 Å². The van der Waals surface area contributed by atoms with Gasteiger partial charge in [0.15, 0.2) is 0 Å². The zero-order valence-corrected chi connectivity index (χ0v) is 17.2. The number of ether oxygens (including phenoxy) is 1. The van der Waals surface area contributed by atoms with E-state index in [1.54, 1.807) is 0 Å². The Morgan fingerprint density at radius 1 is 1.07 bits per heavy atom. The fourth-order valence-corrected chi connectivity index (χ4v) is 3.79. The van der Waals surface area contributed by atoms with Crippen LogP contribution >= 0.6 is 0 Å². The fourth-order valence-electron chi connectivity index (χ4n) is 3.79. The molecule has 2 aromatic carbocycles. The van der Waals surface area contributed by atoms with E-state index < -0.39 is 18.2 Å². The van der Waals surface area contributed by atoms with Gasteiger partial charge in [-0.25, -0.2) is 9.59 Å². The Labute approximate surface area is 176 Å². The molecule has 1 aliphatic rings. The standard InChI is InChI=1S/C24H27NO5/c1-15(2)11-16(23(27)28)12-17(26)13-25-24(29)30-14-22-20-9-5-3-7-18(20)19-8-4-6-10-21(19)22/h3-10,12,15,17,22,26H,11,13-14H2,1-2H3,(H,25,29)(H,27,28)/b16-12+/t17-/m1/s1. The van der Waals surface area contributed by atoms with Gasteiger partial charge in [-0.15, -0.1) is 0 Å². The number of hydrogen-bond donors (Lipinski definition) is 3. The molecule has 0 aliphatic heterocycles. The van der Waals surface area contributed by atoms with Gasteiger partial charge in [-0.05, 0) is 40.7 Å². The van der Waals surface area contributed by atoms with Gasteiger partial charge in [-0.3, -0.25) is 0 Å². The largest absolute Gasteiger partial charge is 0.478 e. The second-order valence-electron chi connectivity index (χ2n) is 7.87. The third-order valence-corrected chi connectivity index (χ3v) is 5.10. The summed E-state index contributed by atoms with van der Waals surface area (Å²) in [5.41, 5.74) is 4.67. The van der Waals surface area contributed by atoms with Gasteiger partial charge >= 0.3 is 12.1 Å². The van der Waals surface area contributed by atoms with Gasteiger partial charge in [-0.1, -0.05) is 62.4 Å². The molecule has 158 valence electrons. The van der Waals surface area contributed by atoms with E-state index in [2.05, 4.69) is 17.4 Å². The molecule has 6 nitrogen and oxygen atoms in total. The van der Waals surface area contributed by atoms with E-state index in [1.165, 1.54) is 6.08 Å². The van der Waals surface area contributed by atoms with Gasteiger partial charge in [0.05, 0.1) is 12.6 Å². The van der Waals surface area contributed by atoms with E-state index in [9.17, 15) is 19.8 Å². The van der Waals surface area contributed by atoms with Crippen molar-refractivity contribution in [2.45, 2.75) is 32.3 Å². The Kier molecular flexibility index (Phi) is 6.90. The van der Waals surface area contributed by atoms with Gasteiger partial charge in [0.2, 0.25) is 0 Å². The Morgan fingerprint density at radius 2 is 1.63 bits per heavy atom. The first kappa shape index (κ1) is 21.6. The van der Waals surface area contributed by atoms with Crippen LogP contribution in [0, 0.1) is 5.92 Å². The van der Waals surface area contributed by atoms with Gasteiger partial charge in [0.1, 0.15) is 6.61 Å². The number of aliphatic carboxylic acids is 1. The van der Waals surface area contributed by atoms with Crippen LogP contribution in [0.15, 0.2) is 60.2 Å². The molecule has 0 saturated carbocycles. The summed E-state index contributed by atoms with van der Waals surface area (Å²) in [7, 11) is 0. The first-order valence-electron chi connectivity index (χ1n) is 10.1. The number of carbonyl (C=O) groups excluding carboxylic acids is 1. The number of fused-ring (bicyclic) bond motifs is 3. The molecule has 0 unspecified atom stereocenters. The average molecular weight is 409 g/mol. The molecule has 6 heteroatoms. The van der Waals surface area contributed by atoms with Crippen molar-refractivity contribution in [2.24, 2.45) is 5.92 Å². The number of carboxylic acids is 1. The third-order valence-electron chi connectivity index (χ3n) is 5.10. The van der Waals surface area contributed by atoms with E-state index in [-0.39, 0.29) is 30.6 Å². The van der Waals surface area contributed by atoms with Crippen molar-refractivity contribution in [1.29, 1.82) is 0 Å². The third kappa shape index (κ3) is 5.07. The summed E-state index contributed by atoms with van der Waals surface area (Å²) in [5, 5.41) is 21.8. The van der Waals surface area contributed by atoms with E-state index in [0.717, 1.165) is 22.3 Å². The number of alkyl carbamates (subject to hydrolysis) is 1. The number of hydrogen-bond acceptors (Lipinski definition) is 4. The molecule has 1 aliphatic carbocycles. The number of carboxylic acid groups (broad SMARTS) is 1. The molecule has 0 fully saturated rings. The molecule has 0 spiro atoms. The maximum atomic E-state index is 12.1. The van der Waals surface area contributed by atoms with E-state index in [4.69, 9.17) is 4.74 Å². The molecule has 0 aromatic heterocycles. The van der Waals surface area contributed by atoms with Crippen LogP contribution in [0.3, 0.4) is 0 Å². The van der Waals surface area contributed by atoms with Crippen molar-refractivity contribution >= 4 is 12.1 Å². The average Bonchev–Trinajstić information content (AvgIpc) is 3.04. The van der Waals surface area contributed by atoms with Crippen molar-refractivity contribution in [3.8, 4) is 11.1 Å². The lowest BCUT2D eigenvalue weighted by Crippen LogP contribution is -2.33. The number of aliphatic hydroxyl groups excluding tert-OH is 1. The fraction of sp³-hybridized carbons (Fsp3) is 0.333. The SMILES string of the molecule is CC(C)C/C(=C\[C@@H](O)CNC(=O)OCC1c2ccccc2-c2ccccc21)C(=O)O. The summed E-state index contributed by atoms with van der Waals surface area (Å²) in [4.78, 5) is 23.4. The van der Waals surface area contributed by atoms with Crippen LogP contribution in [0.25, 0.3) is 11.1 Å². The van der Waals surface area contributed by atoms with E-state index >= 15 is 0 Å². The van der Waals surface area contributed by atoms with Crippen LogP contribution in [0.5, 0.6) is 0 Å². The number of nitrogens with one attached hydrogen (secondary N) is 1. The van der Waals surface area contributed by atoms with Crippen LogP contribution in [0.1, 0.15) is 37.3 Å². The van der Waals surface area contributed by atoms with Crippen LogP contribution in [0.2, 0.25) is 0 Å². The Hall–Kier alpha value is -3.12. The zero-order valence-electron chi connectivity index (χ0n) is 17.2. The lowest BCUT2D eigenvalue weighted by molar-refractivity contribution is -0.133. The molecule has 0 bridgehead atoms. The van der Waals surface area contributed by atoms with Crippen LogP contribution in [-0.4, -0.2) is 41.5 Å². The van der Waals surface area contributed by atoms with E-state index in [1.807, 2.05) is 50.2 Å². The summed E-state index contributed by atoms with van der Waals surface area (Å²) in [6.07, 6.45) is -0.135. The Morgan fingerprint density at radius 3 is 2.17 bits per heavy atom. The molecule has 3 rings (SSSR count). The highest BCUT2D eigenvalue weighted by atomic mass is 16.5. The maximum Gasteiger partial charge on any atom is 0.407 e. The summed E-state index contributed by atoms with van der Waals surface area (Å²) in [6.45, 7) is 3.86. The number of carbonyl (C=O) groups is 2. The summed E-state index contributed by atoms with van der Waals surface area (Å²) >= 11 is 0. The van der Waals surface area contributed by atoms with Crippen LogP contribution < -0.4 is 5.32 Å². The number of amides is 1. The normalized spacial score (nSPS) is 14.2. The molecule has 0 saturated heterocycles. The van der Waals surface area contributed by atoms with Gasteiger partial charge in [-0.2, -0.15) is 0 Å². The first-order valence-corrected chi connectivity index (χ1v) is 10.1. The molecule has 2 aromatic rings.